The first kappa shape index (κ1) is 15.8. The van der Waals surface area contributed by atoms with Gasteiger partial charge in [-0.1, -0.05) is 17.7 Å². The molecule has 1 aromatic carbocycles. The number of aryl methyl sites for hydroxylation is 1. The monoisotopic (exact) mass is 255 g/mol. The summed E-state index contributed by atoms with van der Waals surface area (Å²) in [7, 11) is 2.84. The first-order chi connectivity index (χ1) is 8.49. The van der Waals surface area contributed by atoms with Gasteiger partial charge in [-0.3, -0.25) is 4.79 Å². The number of rotatable bonds is 3. The summed E-state index contributed by atoms with van der Waals surface area (Å²) in [5, 5.41) is 9.96. The molecule has 0 aliphatic carbocycles. The zero-order valence-electron chi connectivity index (χ0n) is 10.6. The highest BCUT2D eigenvalue weighted by Gasteiger charge is 1.99. The Morgan fingerprint density at radius 1 is 1.22 bits per heavy atom. The van der Waals surface area contributed by atoms with E-state index in [2.05, 4.69) is 11.7 Å². The molecule has 6 nitrogen and oxygen atoms in total. The summed E-state index contributed by atoms with van der Waals surface area (Å²) in [6.07, 6.45) is -0.739. The molecule has 0 bridgehead atoms. The summed E-state index contributed by atoms with van der Waals surface area (Å²) in [6, 6.07) is 7.96. The second-order valence-electron chi connectivity index (χ2n) is 3.26. The van der Waals surface area contributed by atoms with Crippen molar-refractivity contribution in [3.63, 3.8) is 0 Å². The number of nitrogens with one attached hydrogen (secondary N) is 1. The number of carbonyl (C=O) groups excluding carboxylic acids is 1. The van der Waals surface area contributed by atoms with Crippen LogP contribution < -0.4 is 10.1 Å². The first-order valence-corrected chi connectivity index (χ1v) is 5.14. The quantitative estimate of drug-likeness (QED) is 0.853. The molecule has 2 N–H and O–H groups in total. The van der Waals surface area contributed by atoms with Crippen molar-refractivity contribution in [1.82, 2.24) is 5.32 Å². The number of carboxylic acid groups (broad SMARTS) is 1. The summed E-state index contributed by atoms with van der Waals surface area (Å²) >= 11 is 0. The lowest BCUT2D eigenvalue weighted by molar-refractivity contribution is -0.135. The number of carboxylic acids is 1. The van der Waals surface area contributed by atoms with E-state index in [4.69, 9.17) is 9.84 Å². The lowest BCUT2D eigenvalue weighted by Gasteiger charge is -1.97. The third-order valence-corrected chi connectivity index (χ3v) is 1.83. The molecule has 0 aromatic heterocycles. The normalized spacial score (nSPS) is 8.61. The van der Waals surface area contributed by atoms with Crippen molar-refractivity contribution in [3.8, 4) is 5.75 Å². The van der Waals surface area contributed by atoms with Crippen molar-refractivity contribution in [2.45, 2.75) is 6.92 Å². The maximum atomic E-state index is 10.1. The van der Waals surface area contributed by atoms with Gasteiger partial charge in [-0.05, 0) is 19.1 Å². The molecule has 1 rings (SSSR count). The maximum Gasteiger partial charge on any atom is 0.407 e. The van der Waals surface area contributed by atoms with Gasteiger partial charge in [0.15, 0.2) is 0 Å². The van der Waals surface area contributed by atoms with Crippen LogP contribution in [0.4, 0.5) is 4.79 Å². The number of carbonyl (C=O) groups is 2. The number of alkyl carbamates (subject to hydrolysis) is 1. The average Bonchev–Trinajstić information content (AvgIpc) is 2.37. The van der Waals surface area contributed by atoms with E-state index < -0.39 is 18.6 Å². The van der Waals surface area contributed by atoms with Gasteiger partial charge in [-0.15, -0.1) is 0 Å². The standard InChI is InChI=1S/C8H10O.C4H7NO4/c1-7-3-5-8(9-2)6-4-7;1-9-4(8)5-2-3(6)7/h3-6H,1-2H3;2H2,1H3,(H,5,8)(H,6,7). The summed E-state index contributed by atoms with van der Waals surface area (Å²) in [6.45, 7) is 1.64. The molecule has 100 valence electrons. The number of ether oxygens (including phenoxy) is 2. The van der Waals surface area contributed by atoms with Crippen molar-refractivity contribution in [3.05, 3.63) is 29.8 Å². The Kier molecular flexibility index (Phi) is 7.76. The van der Waals surface area contributed by atoms with Crippen LogP contribution in [0.1, 0.15) is 5.56 Å². The van der Waals surface area contributed by atoms with E-state index in [9.17, 15) is 9.59 Å². The van der Waals surface area contributed by atoms with Gasteiger partial charge in [0, 0.05) is 0 Å². The lowest BCUT2D eigenvalue weighted by atomic mass is 10.2. The summed E-state index contributed by atoms with van der Waals surface area (Å²) in [4.78, 5) is 19.9. The Balaban J connectivity index is 0.000000321. The predicted octanol–water partition coefficient (Wildman–Crippen LogP) is 1.43. The second-order valence-corrected chi connectivity index (χ2v) is 3.26. The van der Waals surface area contributed by atoms with Gasteiger partial charge in [0.2, 0.25) is 0 Å². The molecule has 0 heterocycles. The van der Waals surface area contributed by atoms with Gasteiger partial charge in [0.25, 0.3) is 0 Å². The molecule has 0 fully saturated rings. The Bertz CT molecular complexity index is 375. The van der Waals surface area contributed by atoms with Crippen LogP contribution in [0, 0.1) is 6.92 Å². The Hall–Kier alpha value is -2.24. The minimum atomic E-state index is -1.10. The molecular formula is C12H17NO5. The smallest absolute Gasteiger partial charge is 0.407 e. The van der Waals surface area contributed by atoms with E-state index in [-0.39, 0.29) is 0 Å². The fourth-order valence-electron chi connectivity index (χ4n) is 0.894. The van der Waals surface area contributed by atoms with Crippen LogP contribution in [0.3, 0.4) is 0 Å². The Morgan fingerprint density at radius 3 is 2.17 bits per heavy atom. The molecule has 6 heteroatoms. The molecule has 0 unspecified atom stereocenters. The highest BCUT2D eigenvalue weighted by atomic mass is 16.5. The molecule has 0 aliphatic heterocycles. The molecule has 1 amide bonds. The van der Waals surface area contributed by atoms with Crippen LogP contribution in [0.15, 0.2) is 24.3 Å². The van der Waals surface area contributed by atoms with Crippen LogP contribution in [-0.2, 0) is 9.53 Å². The molecule has 0 saturated carbocycles. The molecule has 0 saturated heterocycles. The number of aliphatic carboxylic acids is 1. The predicted molar refractivity (Wildman–Crippen MR) is 65.8 cm³/mol. The van der Waals surface area contributed by atoms with E-state index in [1.807, 2.05) is 29.6 Å². The number of amides is 1. The van der Waals surface area contributed by atoms with Crippen LogP contribution in [-0.4, -0.2) is 37.9 Å². The van der Waals surface area contributed by atoms with Crippen LogP contribution in [0.2, 0.25) is 0 Å². The minimum absolute atomic E-state index is 0.410. The van der Waals surface area contributed by atoms with Crippen LogP contribution >= 0.6 is 0 Å². The molecule has 18 heavy (non-hydrogen) atoms. The Morgan fingerprint density at radius 2 is 1.78 bits per heavy atom. The summed E-state index contributed by atoms with van der Waals surface area (Å²) < 4.78 is 9.06. The summed E-state index contributed by atoms with van der Waals surface area (Å²) in [5.74, 6) is -0.180. The van der Waals surface area contributed by atoms with E-state index in [0.717, 1.165) is 12.9 Å². The van der Waals surface area contributed by atoms with Gasteiger partial charge in [0.05, 0.1) is 14.2 Å². The second kappa shape index (κ2) is 8.86. The number of hydrogen-bond acceptors (Lipinski definition) is 4. The van der Waals surface area contributed by atoms with Gasteiger partial charge < -0.3 is 19.9 Å². The number of benzene rings is 1. The number of hydrogen-bond donors (Lipinski definition) is 2. The zero-order chi connectivity index (χ0) is 14.0. The zero-order valence-corrected chi connectivity index (χ0v) is 10.6. The largest absolute Gasteiger partial charge is 0.497 e. The maximum absolute atomic E-state index is 10.1. The Labute approximate surface area is 106 Å². The molecule has 0 spiro atoms. The van der Waals surface area contributed by atoms with E-state index >= 15 is 0 Å². The number of methoxy groups -OCH3 is 2. The SMILES string of the molecule is COC(=O)NCC(=O)O.COc1ccc(C)cc1. The van der Waals surface area contributed by atoms with Crippen LogP contribution in [0.25, 0.3) is 0 Å². The fourth-order valence-corrected chi connectivity index (χ4v) is 0.894. The molecule has 0 radical (unpaired) electrons. The van der Waals surface area contributed by atoms with Gasteiger partial charge in [0.1, 0.15) is 12.3 Å². The first-order valence-electron chi connectivity index (χ1n) is 5.14. The van der Waals surface area contributed by atoms with Gasteiger partial charge in [-0.25, -0.2) is 4.79 Å². The molecular weight excluding hydrogens is 238 g/mol. The lowest BCUT2D eigenvalue weighted by Crippen LogP contribution is -2.28. The molecule has 0 aliphatic rings. The minimum Gasteiger partial charge on any atom is -0.497 e. The third kappa shape index (κ3) is 7.98. The molecule has 0 atom stereocenters. The molecule has 1 aromatic rings. The third-order valence-electron chi connectivity index (χ3n) is 1.83. The van der Waals surface area contributed by atoms with E-state index in [1.54, 1.807) is 7.11 Å². The topological polar surface area (TPSA) is 84.9 Å². The van der Waals surface area contributed by atoms with Crippen molar-refractivity contribution in [1.29, 1.82) is 0 Å². The van der Waals surface area contributed by atoms with E-state index in [1.165, 1.54) is 5.56 Å². The summed E-state index contributed by atoms with van der Waals surface area (Å²) in [5.41, 5.74) is 1.26. The average molecular weight is 255 g/mol. The van der Waals surface area contributed by atoms with Crippen molar-refractivity contribution in [2.75, 3.05) is 20.8 Å². The van der Waals surface area contributed by atoms with Crippen LogP contribution in [0.5, 0.6) is 5.75 Å². The van der Waals surface area contributed by atoms with E-state index in [0.29, 0.717) is 0 Å². The fraction of sp³-hybridized carbons (Fsp3) is 0.333. The highest BCUT2D eigenvalue weighted by molar-refractivity contribution is 5.76. The highest BCUT2D eigenvalue weighted by Crippen LogP contribution is 2.09. The van der Waals surface area contributed by atoms with Gasteiger partial charge in [-0.2, -0.15) is 0 Å². The van der Waals surface area contributed by atoms with Crippen molar-refractivity contribution < 1.29 is 24.2 Å². The van der Waals surface area contributed by atoms with Gasteiger partial charge >= 0.3 is 12.1 Å². The van der Waals surface area contributed by atoms with Crippen molar-refractivity contribution >= 4 is 12.1 Å². The van der Waals surface area contributed by atoms with Crippen molar-refractivity contribution in [2.24, 2.45) is 0 Å².